The lowest BCUT2D eigenvalue weighted by Crippen LogP contribution is -2.36. The summed E-state index contributed by atoms with van der Waals surface area (Å²) in [7, 11) is 1.85. The van der Waals surface area contributed by atoms with Crippen molar-refractivity contribution in [3.05, 3.63) is 41.3 Å². The second kappa shape index (κ2) is 7.79. The van der Waals surface area contributed by atoms with Crippen LogP contribution < -0.4 is 10.2 Å². The highest BCUT2D eigenvalue weighted by molar-refractivity contribution is 6.08. The van der Waals surface area contributed by atoms with Crippen molar-refractivity contribution >= 4 is 28.4 Å². The Balaban J connectivity index is 1.60. The van der Waals surface area contributed by atoms with Crippen LogP contribution in [-0.4, -0.2) is 50.5 Å². The van der Waals surface area contributed by atoms with Crippen molar-refractivity contribution in [1.82, 2.24) is 19.7 Å². The normalized spacial score (nSPS) is 15.1. The third-order valence-electron chi connectivity index (χ3n) is 5.64. The summed E-state index contributed by atoms with van der Waals surface area (Å²) in [6.45, 7) is 5.60. The van der Waals surface area contributed by atoms with Crippen molar-refractivity contribution in [2.24, 2.45) is 13.0 Å². The van der Waals surface area contributed by atoms with Gasteiger partial charge < -0.3 is 15.3 Å². The first-order valence-electron chi connectivity index (χ1n) is 9.91. The van der Waals surface area contributed by atoms with E-state index in [0.717, 1.165) is 48.5 Å². The highest BCUT2D eigenvalue weighted by Gasteiger charge is 2.23. The van der Waals surface area contributed by atoms with Gasteiger partial charge in [-0.15, -0.1) is 0 Å². The van der Waals surface area contributed by atoms with Gasteiger partial charge in [0, 0.05) is 38.3 Å². The minimum absolute atomic E-state index is 0.209. The molecule has 0 aliphatic carbocycles. The second-order valence-electron chi connectivity index (χ2n) is 7.64. The van der Waals surface area contributed by atoms with Crippen LogP contribution in [-0.2, 0) is 7.05 Å². The van der Waals surface area contributed by atoms with Crippen molar-refractivity contribution in [1.29, 1.82) is 0 Å². The third kappa shape index (κ3) is 3.67. The molecule has 1 saturated heterocycles. The summed E-state index contributed by atoms with van der Waals surface area (Å²) in [4.78, 5) is 24.3. The van der Waals surface area contributed by atoms with Gasteiger partial charge in [0.2, 0.25) is 0 Å². The highest BCUT2D eigenvalue weighted by atomic mass is 16.3. The van der Waals surface area contributed by atoms with Gasteiger partial charge in [-0.1, -0.05) is 0 Å². The maximum Gasteiger partial charge on any atom is 0.257 e. The number of carbonyl (C=O) groups excluding carboxylic acids is 1. The topological polar surface area (TPSA) is 96.2 Å². The number of nitrogens with zero attached hydrogens (tertiary/aromatic N) is 5. The van der Waals surface area contributed by atoms with E-state index in [1.165, 1.54) is 0 Å². The third-order valence-corrected chi connectivity index (χ3v) is 5.64. The molecule has 0 atom stereocenters. The predicted octanol–water partition coefficient (Wildman–Crippen LogP) is 2.44. The fourth-order valence-corrected chi connectivity index (χ4v) is 3.93. The predicted molar refractivity (Wildman–Crippen MR) is 112 cm³/mol. The number of aromatic nitrogens is 4. The van der Waals surface area contributed by atoms with Gasteiger partial charge in [0.25, 0.3) is 5.91 Å². The van der Waals surface area contributed by atoms with Gasteiger partial charge in [-0.25, -0.2) is 9.97 Å². The molecule has 0 spiro atoms. The molecule has 0 unspecified atom stereocenters. The molecule has 4 heterocycles. The van der Waals surface area contributed by atoms with Gasteiger partial charge in [-0.2, -0.15) is 5.10 Å². The van der Waals surface area contributed by atoms with Gasteiger partial charge in [0.15, 0.2) is 11.5 Å². The van der Waals surface area contributed by atoms with Crippen LogP contribution >= 0.6 is 0 Å². The molecular formula is C21H26N6O2. The van der Waals surface area contributed by atoms with E-state index in [-0.39, 0.29) is 12.5 Å². The van der Waals surface area contributed by atoms with Gasteiger partial charge in [-0.05, 0) is 50.8 Å². The van der Waals surface area contributed by atoms with Crippen LogP contribution in [0.5, 0.6) is 0 Å². The molecule has 0 aromatic carbocycles. The first kappa shape index (κ1) is 19.3. The number of piperidine rings is 1. The monoisotopic (exact) mass is 394 g/mol. The quantitative estimate of drug-likeness (QED) is 0.706. The number of hydrogen-bond donors (Lipinski definition) is 2. The number of nitrogens with one attached hydrogen (secondary N) is 1. The van der Waals surface area contributed by atoms with E-state index in [0.29, 0.717) is 22.9 Å². The Labute approximate surface area is 169 Å². The number of rotatable bonds is 4. The van der Waals surface area contributed by atoms with Crippen LogP contribution in [0.15, 0.2) is 24.4 Å². The van der Waals surface area contributed by atoms with Crippen LogP contribution in [0.2, 0.25) is 0 Å². The van der Waals surface area contributed by atoms with E-state index in [1.807, 2.05) is 39.1 Å². The minimum atomic E-state index is -0.209. The standard InChI is InChI=1S/C21H26N6O2/c1-13-17(11-16-14(2)25-26(3)19(16)23-13)21(29)24-18-5-4-8-22-20(18)27-9-6-15(12-28)7-10-27/h4-5,8,11,15,28H,6-7,9-10,12H2,1-3H3,(H,24,29). The van der Waals surface area contributed by atoms with Crippen molar-refractivity contribution in [2.45, 2.75) is 26.7 Å². The zero-order valence-corrected chi connectivity index (χ0v) is 17.0. The largest absolute Gasteiger partial charge is 0.396 e. The maximum absolute atomic E-state index is 13.1. The number of aliphatic hydroxyl groups excluding tert-OH is 1. The van der Waals surface area contributed by atoms with Crippen LogP contribution in [0.1, 0.15) is 34.6 Å². The SMILES string of the molecule is Cc1nc2c(cc1C(=O)Nc1cccnc1N1CCC(CO)CC1)c(C)nn2C. The molecule has 4 rings (SSSR count). The van der Waals surface area contributed by atoms with Crippen molar-refractivity contribution in [3.8, 4) is 0 Å². The fraction of sp³-hybridized carbons (Fsp3) is 0.429. The number of hydrogen-bond acceptors (Lipinski definition) is 6. The Morgan fingerprint density at radius 3 is 2.76 bits per heavy atom. The number of anilines is 2. The summed E-state index contributed by atoms with van der Waals surface area (Å²) < 4.78 is 1.73. The first-order chi connectivity index (χ1) is 14.0. The van der Waals surface area contributed by atoms with Gasteiger partial charge in [-0.3, -0.25) is 9.48 Å². The average molecular weight is 394 g/mol. The van der Waals surface area contributed by atoms with E-state index in [1.54, 1.807) is 10.9 Å². The molecule has 8 nitrogen and oxygen atoms in total. The molecule has 8 heteroatoms. The maximum atomic E-state index is 13.1. The zero-order chi connectivity index (χ0) is 20.5. The fourth-order valence-electron chi connectivity index (χ4n) is 3.93. The molecule has 0 radical (unpaired) electrons. The lowest BCUT2D eigenvalue weighted by atomic mass is 9.98. The Morgan fingerprint density at radius 1 is 1.28 bits per heavy atom. The summed E-state index contributed by atoms with van der Waals surface area (Å²) in [6.07, 6.45) is 3.57. The summed E-state index contributed by atoms with van der Waals surface area (Å²) in [6, 6.07) is 5.55. The lowest BCUT2D eigenvalue weighted by Gasteiger charge is -2.33. The van der Waals surface area contributed by atoms with E-state index < -0.39 is 0 Å². The molecule has 3 aromatic heterocycles. The minimum Gasteiger partial charge on any atom is -0.396 e. The molecule has 3 aromatic rings. The summed E-state index contributed by atoms with van der Waals surface area (Å²) >= 11 is 0. The zero-order valence-electron chi connectivity index (χ0n) is 17.0. The number of aryl methyl sites for hydroxylation is 3. The number of pyridine rings is 2. The van der Waals surface area contributed by atoms with Crippen molar-refractivity contribution in [2.75, 3.05) is 29.9 Å². The van der Waals surface area contributed by atoms with Gasteiger partial charge >= 0.3 is 0 Å². The molecular weight excluding hydrogens is 368 g/mol. The number of carbonyl (C=O) groups is 1. The first-order valence-corrected chi connectivity index (χ1v) is 9.91. The molecule has 1 fully saturated rings. The van der Waals surface area contributed by atoms with E-state index in [9.17, 15) is 9.90 Å². The molecule has 29 heavy (non-hydrogen) atoms. The molecule has 1 aliphatic rings. The Bertz CT molecular complexity index is 1050. The van der Waals surface area contributed by atoms with Crippen LogP contribution in [0.4, 0.5) is 11.5 Å². The summed E-state index contributed by atoms with van der Waals surface area (Å²) in [5.41, 5.74) is 3.49. The Morgan fingerprint density at radius 2 is 2.03 bits per heavy atom. The van der Waals surface area contributed by atoms with Gasteiger partial charge in [0.05, 0.1) is 22.6 Å². The highest BCUT2D eigenvalue weighted by Crippen LogP contribution is 2.28. The number of amides is 1. The van der Waals surface area contributed by atoms with Crippen LogP contribution in [0.25, 0.3) is 11.0 Å². The van der Waals surface area contributed by atoms with Crippen LogP contribution in [0, 0.1) is 19.8 Å². The Kier molecular flexibility index (Phi) is 5.19. The van der Waals surface area contributed by atoms with Crippen molar-refractivity contribution < 1.29 is 9.90 Å². The smallest absolute Gasteiger partial charge is 0.257 e. The van der Waals surface area contributed by atoms with E-state index >= 15 is 0 Å². The van der Waals surface area contributed by atoms with Crippen molar-refractivity contribution in [3.63, 3.8) is 0 Å². The van der Waals surface area contributed by atoms with Crippen LogP contribution in [0.3, 0.4) is 0 Å². The molecule has 152 valence electrons. The lowest BCUT2D eigenvalue weighted by molar-refractivity contribution is 0.102. The molecule has 1 amide bonds. The molecule has 2 N–H and O–H groups in total. The molecule has 0 bridgehead atoms. The number of aliphatic hydroxyl groups is 1. The second-order valence-corrected chi connectivity index (χ2v) is 7.64. The average Bonchev–Trinajstić information content (AvgIpc) is 3.00. The Hall–Kier alpha value is -3.00. The molecule has 0 saturated carbocycles. The van der Waals surface area contributed by atoms with E-state index in [2.05, 4.69) is 25.3 Å². The van der Waals surface area contributed by atoms with E-state index in [4.69, 9.17) is 0 Å². The number of fused-ring (bicyclic) bond motifs is 1. The summed E-state index contributed by atoms with van der Waals surface area (Å²) in [5, 5.41) is 17.7. The van der Waals surface area contributed by atoms with Gasteiger partial charge in [0.1, 0.15) is 0 Å². The molecule has 1 aliphatic heterocycles. The summed E-state index contributed by atoms with van der Waals surface area (Å²) in [5.74, 6) is 0.900.